The predicted molar refractivity (Wildman–Crippen MR) is 115 cm³/mol. The predicted octanol–water partition coefficient (Wildman–Crippen LogP) is 3.42. The van der Waals surface area contributed by atoms with Crippen LogP contribution in [0, 0.1) is 19.7 Å². The SMILES string of the molecule is Cc1cc2cc(F)c(Oc3ncnn4cc(OC[C@H](C)OC(=O)[C@@H](C)N)c(C)c34)cc2[nH]1. The molecule has 32 heavy (non-hydrogen) atoms. The second kappa shape index (κ2) is 8.46. The fourth-order valence-electron chi connectivity index (χ4n) is 3.33. The van der Waals surface area contributed by atoms with Crippen molar-refractivity contribution in [3.63, 3.8) is 0 Å². The summed E-state index contributed by atoms with van der Waals surface area (Å²) in [5.74, 6) is -0.267. The number of aromatic amines is 1. The van der Waals surface area contributed by atoms with Gasteiger partial charge in [0.25, 0.3) is 0 Å². The van der Waals surface area contributed by atoms with E-state index in [4.69, 9.17) is 19.9 Å². The van der Waals surface area contributed by atoms with E-state index in [0.29, 0.717) is 16.8 Å². The van der Waals surface area contributed by atoms with Crippen LogP contribution in [0.3, 0.4) is 0 Å². The lowest BCUT2D eigenvalue weighted by Crippen LogP contribution is -2.33. The summed E-state index contributed by atoms with van der Waals surface area (Å²) in [6.07, 6.45) is 2.48. The first-order chi connectivity index (χ1) is 15.2. The number of fused-ring (bicyclic) bond motifs is 2. The number of nitrogens with one attached hydrogen (secondary N) is 1. The van der Waals surface area contributed by atoms with Crippen LogP contribution in [0.5, 0.6) is 17.4 Å². The average Bonchev–Trinajstić information content (AvgIpc) is 3.25. The fourth-order valence-corrected chi connectivity index (χ4v) is 3.33. The number of hydrogen-bond acceptors (Lipinski definition) is 7. The number of nitrogens with two attached hydrogens (primary N) is 1. The van der Waals surface area contributed by atoms with Gasteiger partial charge in [-0.3, -0.25) is 4.79 Å². The molecule has 0 radical (unpaired) electrons. The van der Waals surface area contributed by atoms with Gasteiger partial charge in [0, 0.05) is 28.2 Å². The second-order valence-corrected chi connectivity index (χ2v) is 7.75. The quantitative estimate of drug-likeness (QED) is 0.422. The Hall–Kier alpha value is -3.66. The maximum atomic E-state index is 14.6. The highest BCUT2D eigenvalue weighted by Gasteiger charge is 2.19. The van der Waals surface area contributed by atoms with Gasteiger partial charge in [-0.2, -0.15) is 10.1 Å². The molecule has 10 heteroatoms. The van der Waals surface area contributed by atoms with Crippen LogP contribution in [0.2, 0.25) is 0 Å². The Morgan fingerprint density at radius 1 is 1.25 bits per heavy atom. The van der Waals surface area contributed by atoms with Crippen molar-refractivity contribution in [2.24, 2.45) is 5.73 Å². The van der Waals surface area contributed by atoms with E-state index in [2.05, 4.69) is 15.1 Å². The van der Waals surface area contributed by atoms with E-state index in [9.17, 15) is 9.18 Å². The number of esters is 1. The zero-order valence-electron chi connectivity index (χ0n) is 18.2. The van der Waals surface area contributed by atoms with Gasteiger partial charge < -0.3 is 24.9 Å². The summed E-state index contributed by atoms with van der Waals surface area (Å²) in [6, 6.07) is 4.16. The van der Waals surface area contributed by atoms with Gasteiger partial charge in [0.15, 0.2) is 11.6 Å². The molecule has 2 atom stereocenters. The summed E-state index contributed by atoms with van der Waals surface area (Å²) in [5.41, 5.74) is 8.42. The van der Waals surface area contributed by atoms with Gasteiger partial charge in [-0.25, -0.2) is 8.91 Å². The number of hydrogen-bond donors (Lipinski definition) is 2. The number of ether oxygens (including phenoxy) is 3. The molecule has 0 fully saturated rings. The van der Waals surface area contributed by atoms with Crippen molar-refractivity contribution in [3.8, 4) is 17.4 Å². The van der Waals surface area contributed by atoms with E-state index < -0.39 is 23.9 Å². The number of rotatable bonds is 7. The zero-order valence-corrected chi connectivity index (χ0v) is 18.2. The molecule has 168 valence electrons. The molecule has 1 aromatic carbocycles. The number of carbonyl (C=O) groups excluding carboxylic acids is 1. The number of aryl methyl sites for hydroxylation is 2. The van der Waals surface area contributed by atoms with Crippen molar-refractivity contribution >= 4 is 22.4 Å². The molecule has 0 amide bonds. The third-order valence-electron chi connectivity index (χ3n) is 4.92. The first-order valence-corrected chi connectivity index (χ1v) is 10.1. The van der Waals surface area contributed by atoms with Crippen molar-refractivity contribution in [1.82, 2.24) is 19.6 Å². The number of halogens is 1. The molecule has 0 bridgehead atoms. The van der Waals surface area contributed by atoms with Gasteiger partial charge in [0.1, 0.15) is 36.3 Å². The van der Waals surface area contributed by atoms with Crippen molar-refractivity contribution in [2.45, 2.75) is 39.8 Å². The Morgan fingerprint density at radius 2 is 2.03 bits per heavy atom. The fraction of sp³-hybridized carbons (Fsp3) is 0.318. The van der Waals surface area contributed by atoms with Crippen LogP contribution in [0.1, 0.15) is 25.1 Å². The average molecular weight is 441 g/mol. The standard InChI is InChI=1S/C22H24FN5O4/c1-11-5-15-6-16(23)18(7-17(15)27-11)32-21-20-13(3)19(8-28(20)26-10-25-21)30-9-12(2)31-22(29)14(4)24/h5-8,10,12,14,27H,9,24H2,1-4H3/t12-,14+/m0/s1. The molecule has 0 unspecified atom stereocenters. The third kappa shape index (κ3) is 4.22. The van der Waals surface area contributed by atoms with Gasteiger partial charge in [-0.05, 0) is 39.8 Å². The van der Waals surface area contributed by atoms with Gasteiger partial charge in [-0.1, -0.05) is 0 Å². The van der Waals surface area contributed by atoms with E-state index in [0.717, 1.165) is 16.6 Å². The van der Waals surface area contributed by atoms with Crippen molar-refractivity contribution in [1.29, 1.82) is 0 Å². The van der Waals surface area contributed by atoms with Crippen LogP contribution in [-0.4, -0.2) is 44.3 Å². The maximum absolute atomic E-state index is 14.6. The molecule has 4 rings (SSSR count). The smallest absolute Gasteiger partial charge is 0.323 e. The molecular weight excluding hydrogens is 417 g/mol. The Kier molecular flexibility index (Phi) is 5.70. The minimum absolute atomic E-state index is 0.0412. The van der Waals surface area contributed by atoms with Crippen molar-refractivity contribution < 1.29 is 23.4 Å². The second-order valence-electron chi connectivity index (χ2n) is 7.75. The Morgan fingerprint density at radius 3 is 2.78 bits per heavy atom. The summed E-state index contributed by atoms with van der Waals surface area (Å²) >= 11 is 0. The highest BCUT2D eigenvalue weighted by molar-refractivity contribution is 5.82. The zero-order chi connectivity index (χ0) is 23.0. The minimum atomic E-state index is -0.708. The van der Waals surface area contributed by atoms with Crippen LogP contribution in [0.4, 0.5) is 4.39 Å². The van der Waals surface area contributed by atoms with Crippen LogP contribution >= 0.6 is 0 Å². The van der Waals surface area contributed by atoms with Crippen LogP contribution in [0.25, 0.3) is 16.4 Å². The Labute approximate surface area is 183 Å². The van der Waals surface area contributed by atoms with Crippen LogP contribution in [-0.2, 0) is 9.53 Å². The lowest BCUT2D eigenvalue weighted by atomic mass is 10.2. The highest BCUT2D eigenvalue weighted by Crippen LogP contribution is 2.34. The lowest BCUT2D eigenvalue weighted by Gasteiger charge is -2.15. The molecule has 3 heterocycles. The van der Waals surface area contributed by atoms with E-state index in [1.165, 1.54) is 12.4 Å². The molecule has 0 aliphatic carbocycles. The van der Waals surface area contributed by atoms with Gasteiger partial charge in [-0.15, -0.1) is 0 Å². The van der Waals surface area contributed by atoms with Gasteiger partial charge in [0.05, 0.1) is 6.20 Å². The maximum Gasteiger partial charge on any atom is 0.323 e. The monoisotopic (exact) mass is 441 g/mol. The summed E-state index contributed by atoms with van der Waals surface area (Å²) in [7, 11) is 0. The van der Waals surface area contributed by atoms with Gasteiger partial charge in [0.2, 0.25) is 5.88 Å². The molecule has 3 aromatic heterocycles. The number of nitrogens with zero attached hydrogens (tertiary/aromatic N) is 3. The first-order valence-electron chi connectivity index (χ1n) is 10.1. The van der Waals surface area contributed by atoms with Gasteiger partial charge >= 0.3 is 5.97 Å². The minimum Gasteiger partial charge on any atom is -0.488 e. The van der Waals surface area contributed by atoms with Crippen molar-refractivity contribution in [3.05, 3.63) is 47.8 Å². The molecule has 0 aliphatic rings. The lowest BCUT2D eigenvalue weighted by molar-refractivity contribution is -0.150. The third-order valence-corrected chi connectivity index (χ3v) is 4.92. The first kappa shape index (κ1) is 21.6. The molecule has 3 N–H and O–H groups in total. The number of benzene rings is 1. The topological polar surface area (TPSA) is 117 Å². The Balaban J connectivity index is 1.58. The van der Waals surface area contributed by atoms with E-state index in [1.54, 1.807) is 30.6 Å². The molecule has 0 saturated heterocycles. The summed E-state index contributed by atoms with van der Waals surface area (Å²) < 4.78 is 33.0. The van der Waals surface area contributed by atoms with E-state index >= 15 is 0 Å². The van der Waals surface area contributed by atoms with Crippen molar-refractivity contribution in [2.75, 3.05) is 6.61 Å². The highest BCUT2D eigenvalue weighted by atomic mass is 19.1. The molecular formula is C22H24FN5O4. The summed E-state index contributed by atoms with van der Waals surface area (Å²) in [4.78, 5) is 19.0. The number of aromatic nitrogens is 4. The van der Waals surface area contributed by atoms with Crippen LogP contribution in [0.15, 0.2) is 30.7 Å². The molecule has 4 aromatic rings. The Bertz CT molecular complexity index is 1300. The number of carbonyl (C=O) groups is 1. The molecule has 0 spiro atoms. The molecule has 9 nitrogen and oxygen atoms in total. The number of H-pyrrole nitrogens is 1. The van der Waals surface area contributed by atoms with E-state index in [1.807, 2.05) is 19.9 Å². The summed E-state index contributed by atoms with van der Waals surface area (Å²) in [6.45, 7) is 7.10. The normalized spacial score (nSPS) is 13.3. The van der Waals surface area contributed by atoms with Crippen LogP contribution < -0.4 is 15.2 Å². The molecule has 0 aliphatic heterocycles. The molecule has 0 saturated carbocycles. The largest absolute Gasteiger partial charge is 0.488 e. The van der Waals surface area contributed by atoms with E-state index in [-0.39, 0.29) is 18.2 Å². The summed E-state index contributed by atoms with van der Waals surface area (Å²) in [5, 5.41) is 4.94.